The van der Waals surface area contributed by atoms with Crippen molar-refractivity contribution in [3.63, 3.8) is 0 Å². The standard InChI is InChI=1S/C15H30N2O3/c1-6-7-14-16-13(8-11(2)3)15(18)17(14)9-12(20-5)10-19-4/h11-14,16H,6-10H2,1-5H3. The number of hydrogen-bond donors (Lipinski definition) is 1. The van der Waals surface area contributed by atoms with Crippen molar-refractivity contribution in [2.24, 2.45) is 5.92 Å². The molecule has 0 aromatic rings. The topological polar surface area (TPSA) is 50.8 Å². The molecule has 20 heavy (non-hydrogen) atoms. The van der Waals surface area contributed by atoms with Crippen LogP contribution in [0.1, 0.15) is 40.0 Å². The molecule has 3 atom stereocenters. The van der Waals surface area contributed by atoms with Crippen LogP contribution in [0.3, 0.4) is 0 Å². The fourth-order valence-corrected chi connectivity index (χ4v) is 2.72. The molecule has 1 fully saturated rings. The van der Waals surface area contributed by atoms with Gasteiger partial charge >= 0.3 is 0 Å². The minimum Gasteiger partial charge on any atom is -0.382 e. The number of rotatable bonds is 9. The van der Waals surface area contributed by atoms with Crippen molar-refractivity contribution in [1.29, 1.82) is 0 Å². The molecule has 5 heteroatoms. The number of amides is 1. The zero-order chi connectivity index (χ0) is 15.1. The van der Waals surface area contributed by atoms with E-state index in [0.717, 1.165) is 19.3 Å². The average Bonchev–Trinajstić information content (AvgIpc) is 2.66. The van der Waals surface area contributed by atoms with Crippen LogP contribution >= 0.6 is 0 Å². The Balaban J connectivity index is 2.70. The summed E-state index contributed by atoms with van der Waals surface area (Å²) in [5, 5.41) is 3.47. The van der Waals surface area contributed by atoms with E-state index < -0.39 is 0 Å². The Morgan fingerprint density at radius 3 is 2.55 bits per heavy atom. The third kappa shape index (κ3) is 4.72. The number of carbonyl (C=O) groups excluding carboxylic acids is 1. The van der Waals surface area contributed by atoms with E-state index in [-0.39, 0.29) is 24.2 Å². The Labute approximate surface area is 123 Å². The summed E-state index contributed by atoms with van der Waals surface area (Å²) in [7, 11) is 3.32. The van der Waals surface area contributed by atoms with Crippen molar-refractivity contribution >= 4 is 5.91 Å². The molecule has 1 heterocycles. The Morgan fingerprint density at radius 1 is 1.35 bits per heavy atom. The van der Waals surface area contributed by atoms with E-state index in [1.54, 1.807) is 14.2 Å². The second kappa shape index (κ2) is 8.60. The van der Waals surface area contributed by atoms with Gasteiger partial charge in [0.15, 0.2) is 0 Å². The van der Waals surface area contributed by atoms with E-state index in [9.17, 15) is 4.79 Å². The highest BCUT2D eigenvalue weighted by molar-refractivity contribution is 5.84. The molecule has 1 N–H and O–H groups in total. The van der Waals surface area contributed by atoms with Crippen LogP contribution in [-0.4, -0.2) is 56.5 Å². The molecule has 0 aromatic carbocycles. The minimum atomic E-state index is -0.0668. The zero-order valence-corrected chi connectivity index (χ0v) is 13.5. The molecule has 0 radical (unpaired) electrons. The van der Waals surface area contributed by atoms with Crippen molar-refractivity contribution in [1.82, 2.24) is 10.2 Å². The largest absolute Gasteiger partial charge is 0.382 e. The smallest absolute Gasteiger partial charge is 0.241 e. The molecule has 0 aromatic heterocycles. The number of nitrogens with zero attached hydrogens (tertiary/aromatic N) is 1. The average molecular weight is 286 g/mol. The number of carbonyl (C=O) groups is 1. The summed E-state index contributed by atoms with van der Waals surface area (Å²) in [4.78, 5) is 14.5. The molecule has 3 unspecified atom stereocenters. The van der Waals surface area contributed by atoms with E-state index in [2.05, 4.69) is 26.1 Å². The van der Waals surface area contributed by atoms with Gasteiger partial charge < -0.3 is 14.4 Å². The number of nitrogens with one attached hydrogen (secondary N) is 1. The molecular formula is C15H30N2O3. The molecule has 1 aliphatic heterocycles. The molecule has 1 aliphatic rings. The second-order valence-electron chi connectivity index (χ2n) is 5.96. The van der Waals surface area contributed by atoms with Crippen molar-refractivity contribution in [2.75, 3.05) is 27.4 Å². The SMILES string of the molecule is CCCC1NC(CC(C)C)C(=O)N1CC(COC)OC. The lowest BCUT2D eigenvalue weighted by atomic mass is 10.0. The van der Waals surface area contributed by atoms with Gasteiger partial charge in [-0.25, -0.2) is 0 Å². The number of methoxy groups -OCH3 is 2. The first kappa shape index (κ1) is 17.4. The van der Waals surface area contributed by atoms with E-state index in [1.807, 2.05) is 4.90 Å². The van der Waals surface area contributed by atoms with Gasteiger partial charge in [0.1, 0.15) is 0 Å². The van der Waals surface area contributed by atoms with E-state index >= 15 is 0 Å². The Hall–Kier alpha value is -0.650. The van der Waals surface area contributed by atoms with Crippen LogP contribution in [0.4, 0.5) is 0 Å². The van der Waals surface area contributed by atoms with Crippen LogP contribution < -0.4 is 5.32 Å². The summed E-state index contributed by atoms with van der Waals surface area (Å²) in [6.45, 7) is 7.54. The maximum atomic E-state index is 12.5. The van der Waals surface area contributed by atoms with Crippen LogP contribution in [-0.2, 0) is 14.3 Å². The van der Waals surface area contributed by atoms with Crippen molar-refractivity contribution in [2.45, 2.75) is 58.3 Å². The third-order valence-electron chi connectivity index (χ3n) is 3.71. The van der Waals surface area contributed by atoms with Crippen LogP contribution in [0.5, 0.6) is 0 Å². The lowest BCUT2D eigenvalue weighted by Gasteiger charge is -2.27. The molecule has 0 spiro atoms. The van der Waals surface area contributed by atoms with Gasteiger partial charge in [-0.1, -0.05) is 27.2 Å². The Kier molecular flexibility index (Phi) is 7.48. The third-order valence-corrected chi connectivity index (χ3v) is 3.71. The van der Waals surface area contributed by atoms with Gasteiger partial charge in [-0.3, -0.25) is 10.1 Å². The summed E-state index contributed by atoms with van der Waals surface area (Å²) >= 11 is 0. The summed E-state index contributed by atoms with van der Waals surface area (Å²) in [5.41, 5.74) is 0. The highest BCUT2D eigenvalue weighted by atomic mass is 16.5. The highest BCUT2D eigenvalue weighted by Gasteiger charge is 2.39. The maximum Gasteiger partial charge on any atom is 0.241 e. The lowest BCUT2D eigenvalue weighted by molar-refractivity contribution is -0.132. The van der Waals surface area contributed by atoms with Crippen LogP contribution in [0, 0.1) is 5.92 Å². The Morgan fingerprint density at radius 2 is 2.05 bits per heavy atom. The zero-order valence-electron chi connectivity index (χ0n) is 13.5. The van der Waals surface area contributed by atoms with Crippen LogP contribution in [0.2, 0.25) is 0 Å². The highest BCUT2D eigenvalue weighted by Crippen LogP contribution is 2.20. The van der Waals surface area contributed by atoms with Crippen molar-refractivity contribution in [3.8, 4) is 0 Å². The van der Waals surface area contributed by atoms with Crippen LogP contribution in [0.25, 0.3) is 0 Å². The van der Waals surface area contributed by atoms with E-state index in [0.29, 0.717) is 19.1 Å². The summed E-state index contributed by atoms with van der Waals surface area (Å²) in [5.74, 6) is 0.714. The van der Waals surface area contributed by atoms with Gasteiger partial charge in [0.2, 0.25) is 5.91 Å². The number of hydrogen-bond acceptors (Lipinski definition) is 4. The molecule has 0 bridgehead atoms. The van der Waals surface area contributed by atoms with Gasteiger partial charge in [0.05, 0.1) is 31.5 Å². The van der Waals surface area contributed by atoms with Crippen molar-refractivity contribution < 1.29 is 14.3 Å². The van der Waals surface area contributed by atoms with Gasteiger partial charge in [-0.2, -0.15) is 0 Å². The van der Waals surface area contributed by atoms with E-state index in [1.165, 1.54) is 0 Å². The van der Waals surface area contributed by atoms with E-state index in [4.69, 9.17) is 9.47 Å². The Bertz CT molecular complexity index is 297. The lowest BCUT2D eigenvalue weighted by Crippen LogP contribution is -2.43. The summed E-state index contributed by atoms with van der Waals surface area (Å²) < 4.78 is 10.5. The normalized spacial score (nSPS) is 24.7. The number of ether oxygens (including phenoxy) is 2. The predicted octanol–water partition coefficient (Wildman–Crippen LogP) is 1.62. The molecule has 0 saturated carbocycles. The second-order valence-corrected chi connectivity index (χ2v) is 5.96. The summed E-state index contributed by atoms with van der Waals surface area (Å²) in [6.07, 6.45) is 2.98. The van der Waals surface area contributed by atoms with Gasteiger partial charge in [-0.15, -0.1) is 0 Å². The fourth-order valence-electron chi connectivity index (χ4n) is 2.72. The van der Waals surface area contributed by atoms with Crippen molar-refractivity contribution in [3.05, 3.63) is 0 Å². The molecule has 1 amide bonds. The molecular weight excluding hydrogens is 256 g/mol. The van der Waals surface area contributed by atoms with Gasteiger partial charge in [-0.05, 0) is 18.8 Å². The molecule has 1 rings (SSSR count). The molecule has 5 nitrogen and oxygen atoms in total. The van der Waals surface area contributed by atoms with Gasteiger partial charge in [0, 0.05) is 14.2 Å². The van der Waals surface area contributed by atoms with Gasteiger partial charge in [0.25, 0.3) is 0 Å². The maximum absolute atomic E-state index is 12.5. The molecule has 1 saturated heterocycles. The fraction of sp³-hybridized carbons (Fsp3) is 0.933. The first-order chi connectivity index (χ1) is 9.53. The first-order valence-corrected chi connectivity index (χ1v) is 7.61. The summed E-state index contributed by atoms with van der Waals surface area (Å²) in [6, 6.07) is -0.0494. The molecule has 0 aliphatic carbocycles. The monoisotopic (exact) mass is 286 g/mol. The van der Waals surface area contributed by atoms with Crippen LogP contribution in [0.15, 0.2) is 0 Å². The predicted molar refractivity (Wildman–Crippen MR) is 79.5 cm³/mol. The molecule has 118 valence electrons. The quantitative estimate of drug-likeness (QED) is 0.700. The first-order valence-electron chi connectivity index (χ1n) is 7.61. The minimum absolute atomic E-state index is 0.0494.